The summed E-state index contributed by atoms with van der Waals surface area (Å²) in [7, 11) is 0. The zero-order valence-electron chi connectivity index (χ0n) is 37.4. The molecule has 62 heavy (non-hydrogen) atoms. The number of likely N-dealkylation sites (tertiary alicyclic amines) is 1. The number of amides is 4. The van der Waals surface area contributed by atoms with E-state index in [9.17, 15) is 29.1 Å². The number of carbonyl (C=O) groups is 5. The molecule has 0 spiro atoms. The number of rotatable bonds is 24. The van der Waals surface area contributed by atoms with Crippen LogP contribution >= 0.6 is 0 Å². The molecule has 4 amide bonds. The van der Waals surface area contributed by atoms with Crippen molar-refractivity contribution in [2.45, 2.75) is 130 Å². The first-order valence-corrected chi connectivity index (χ1v) is 21.6. The Hall–Kier alpha value is -5.87. The van der Waals surface area contributed by atoms with E-state index >= 15 is 0 Å². The van der Waals surface area contributed by atoms with Crippen LogP contribution in [0, 0.1) is 17.3 Å². The quantitative estimate of drug-likeness (QED) is 0.0420. The van der Waals surface area contributed by atoms with Gasteiger partial charge in [0.2, 0.25) is 23.6 Å². The molecule has 17 nitrogen and oxygen atoms in total. The van der Waals surface area contributed by atoms with Crippen molar-refractivity contribution in [1.82, 2.24) is 26.2 Å². The maximum Gasteiger partial charge on any atom is 0.326 e. The van der Waals surface area contributed by atoms with Gasteiger partial charge >= 0.3 is 5.97 Å². The van der Waals surface area contributed by atoms with E-state index in [1.807, 2.05) is 77.1 Å². The number of benzene rings is 2. The Balaban J connectivity index is 1.93. The lowest BCUT2D eigenvalue weighted by atomic mass is 9.87. The number of guanidine groups is 2. The number of hydrogen-bond acceptors (Lipinski definition) is 8. The standard InChI is InChI=1S/C45H71N11O6/c1-27(2)24-35(42(61)62)55-39(58)36(26-45(5,6)7)52-29(4)34(25-31-17-10-16-30-15-8-9-18-32(30)31)54-40(59)37-20-13-23-56(37)41(60)33(19-12-22-51-44(48)49)53-38(57)28(3)14-11-21-50-43(46)47/h8-10,15-18,27-28,33-37,52H,4,11-14,19-26H2,1-3,5-7H3,(H,53,57)(H,54,59)(H,55,58)(H,61,62)(H4,46,47,50)(H4,48,49,51)/t28-,33-,34-,35-,36-,37-/m0/s1. The van der Waals surface area contributed by atoms with Crippen LogP contribution in [0.15, 0.2) is 64.7 Å². The molecule has 0 unspecified atom stereocenters. The molecule has 6 atom stereocenters. The van der Waals surface area contributed by atoms with Crippen molar-refractivity contribution in [3.05, 3.63) is 60.3 Å². The second-order valence-electron chi connectivity index (χ2n) is 18.0. The molecule has 1 heterocycles. The monoisotopic (exact) mass is 862 g/mol. The summed E-state index contributed by atoms with van der Waals surface area (Å²) in [6, 6.07) is 9.26. The number of nitrogens with one attached hydrogen (secondary N) is 4. The van der Waals surface area contributed by atoms with E-state index in [1.165, 1.54) is 4.90 Å². The summed E-state index contributed by atoms with van der Waals surface area (Å²) < 4.78 is 0. The van der Waals surface area contributed by atoms with Crippen LogP contribution in [0.3, 0.4) is 0 Å². The molecule has 342 valence electrons. The Labute approximate surface area is 366 Å². The third-order valence-electron chi connectivity index (χ3n) is 10.8. The summed E-state index contributed by atoms with van der Waals surface area (Å²) in [5, 5.41) is 24.0. The van der Waals surface area contributed by atoms with Gasteiger partial charge in [0, 0.05) is 31.2 Å². The van der Waals surface area contributed by atoms with Crippen molar-refractivity contribution in [2.75, 3.05) is 19.6 Å². The summed E-state index contributed by atoms with van der Waals surface area (Å²) in [4.78, 5) is 77.9. The first-order chi connectivity index (χ1) is 29.2. The fourth-order valence-electron chi connectivity index (χ4n) is 7.65. The van der Waals surface area contributed by atoms with Crippen LogP contribution in [-0.4, -0.2) is 101 Å². The van der Waals surface area contributed by atoms with E-state index in [1.54, 1.807) is 6.92 Å². The average Bonchev–Trinajstić information content (AvgIpc) is 3.69. The summed E-state index contributed by atoms with van der Waals surface area (Å²) in [5.74, 6) is -3.28. The smallest absolute Gasteiger partial charge is 0.326 e. The number of hydrogen-bond donors (Lipinski definition) is 9. The Kier molecular flexibility index (Phi) is 19.5. The molecule has 1 fully saturated rings. The predicted octanol–water partition coefficient (Wildman–Crippen LogP) is 2.61. The van der Waals surface area contributed by atoms with Gasteiger partial charge in [-0.1, -0.05) is 90.6 Å². The van der Waals surface area contributed by atoms with E-state index in [0.29, 0.717) is 63.7 Å². The lowest BCUT2D eigenvalue weighted by molar-refractivity contribution is -0.142. The molecule has 3 rings (SSSR count). The number of nitrogens with two attached hydrogens (primary N) is 4. The van der Waals surface area contributed by atoms with Gasteiger partial charge in [-0.05, 0) is 85.5 Å². The van der Waals surface area contributed by atoms with Crippen LogP contribution in [0.25, 0.3) is 10.8 Å². The lowest BCUT2D eigenvalue weighted by Crippen LogP contribution is -2.56. The highest BCUT2D eigenvalue weighted by Crippen LogP contribution is 2.26. The number of aliphatic carboxylic acids is 1. The second-order valence-corrected chi connectivity index (χ2v) is 18.0. The molecule has 2 aromatic rings. The highest BCUT2D eigenvalue weighted by atomic mass is 16.4. The molecule has 0 aromatic heterocycles. The lowest BCUT2D eigenvalue weighted by Gasteiger charge is -2.33. The number of carboxylic acid groups (broad SMARTS) is 1. The first kappa shape index (κ1) is 50.5. The number of carbonyl (C=O) groups excluding carboxylic acids is 4. The van der Waals surface area contributed by atoms with Crippen LogP contribution < -0.4 is 44.2 Å². The van der Waals surface area contributed by atoms with Gasteiger partial charge in [-0.15, -0.1) is 0 Å². The predicted molar refractivity (Wildman–Crippen MR) is 244 cm³/mol. The average molecular weight is 862 g/mol. The van der Waals surface area contributed by atoms with Crippen molar-refractivity contribution in [3.8, 4) is 0 Å². The van der Waals surface area contributed by atoms with Gasteiger partial charge in [-0.2, -0.15) is 0 Å². The molecule has 1 saturated heterocycles. The molecule has 1 aliphatic rings. The van der Waals surface area contributed by atoms with Gasteiger partial charge in [0.15, 0.2) is 11.9 Å². The minimum Gasteiger partial charge on any atom is -0.480 e. The number of aliphatic imine (C=N–C) groups is 2. The molecule has 1 aliphatic heterocycles. The van der Waals surface area contributed by atoms with E-state index in [-0.39, 0.29) is 48.5 Å². The first-order valence-electron chi connectivity index (χ1n) is 21.6. The van der Waals surface area contributed by atoms with Crippen LogP contribution in [0.2, 0.25) is 0 Å². The molecule has 13 N–H and O–H groups in total. The summed E-state index contributed by atoms with van der Waals surface area (Å²) >= 11 is 0. The van der Waals surface area contributed by atoms with Crippen molar-refractivity contribution < 1.29 is 29.1 Å². The van der Waals surface area contributed by atoms with E-state index in [0.717, 1.165) is 16.3 Å². The molecule has 0 saturated carbocycles. The van der Waals surface area contributed by atoms with Gasteiger partial charge in [-0.25, -0.2) is 4.79 Å². The second kappa shape index (κ2) is 23.9. The fourth-order valence-corrected chi connectivity index (χ4v) is 7.65. The molecule has 2 aromatic carbocycles. The minimum absolute atomic E-state index is 0.0235. The Morgan fingerprint density at radius 3 is 2.03 bits per heavy atom. The highest BCUT2D eigenvalue weighted by molar-refractivity contribution is 5.93. The van der Waals surface area contributed by atoms with E-state index < -0.39 is 59.8 Å². The van der Waals surface area contributed by atoms with Gasteiger partial charge in [0.25, 0.3) is 0 Å². The van der Waals surface area contributed by atoms with Gasteiger partial charge < -0.3 is 54.2 Å². The Morgan fingerprint density at radius 2 is 1.42 bits per heavy atom. The third kappa shape index (κ3) is 16.5. The van der Waals surface area contributed by atoms with E-state index in [2.05, 4.69) is 37.8 Å². The normalized spacial score (nSPS) is 16.3. The zero-order chi connectivity index (χ0) is 46.1. The molecule has 17 heteroatoms. The summed E-state index contributed by atoms with van der Waals surface area (Å²) in [6.45, 7) is 16.7. The molecular formula is C45H71N11O6. The van der Waals surface area contributed by atoms with Crippen molar-refractivity contribution >= 4 is 52.3 Å². The van der Waals surface area contributed by atoms with Crippen molar-refractivity contribution in [2.24, 2.45) is 50.2 Å². The molecule has 0 radical (unpaired) electrons. The molecular weight excluding hydrogens is 791 g/mol. The molecule has 0 aliphatic carbocycles. The number of fused-ring (bicyclic) bond motifs is 1. The maximum atomic E-state index is 14.5. The van der Waals surface area contributed by atoms with E-state index in [4.69, 9.17) is 22.9 Å². The highest BCUT2D eigenvalue weighted by Gasteiger charge is 2.39. The Bertz CT molecular complexity index is 1910. The molecule has 0 bridgehead atoms. The van der Waals surface area contributed by atoms with Crippen LogP contribution in [-0.2, 0) is 30.4 Å². The van der Waals surface area contributed by atoms with Crippen LogP contribution in [0.1, 0.15) is 98.5 Å². The van der Waals surface area contributed by atoms with Crippen molar-refractivity contribution in [1.29, 1.82) is 0 Å². The summed E-state index contributed by atoms with van der Waals surface area (Å²) in [6.07, 6.45) is 3.49. The van der Waals surface area contributed by atoms with Crippen LogP contribution in [0.5, 0.6) is 0 Å². The van der Waals surface area contributed by atoms with Gasteiger partial charge in [0.1, 0.15) is 24.2 Å². The van der Waals surface area contributed by atoms with Gasteiger partial charge in [-0.3, -0.25) is 29.2 Å². The topological polar surface area (TPSA) is 286 Å². The maximum absolute atomic E-state index is 14.5. The number of nitrogens with zero attached hydrogens (tertiary/aromatic N) is 3. The third-order valence-corrected chi connectivity index (χ3v) is 10.8. The fraction of sp³-hybridized carbons (Fsp3) is 0.578. The summed E-state index contributed by atoms with van der Waals surface area (Å²) in [5.41, 5.74) is 22.8. The minimum atomic E-state index is -1.12. The van der Waals surface area contributed by atoms with Crippen LogP contribution in [0.4, 0.5) is 0 Å². The largest absolute Gasteiger partial charge is 0.480 e. The van der Waals surface area contributed by atoms with Gasteiger partial charge in [0.05, 0.1) is 6.04 Å². The van der Waals surface area contributed by atoms with Crippen molar-refractivity contribution in [3.63, 3.8) is 0 Å². The SMILES string of the molecule is C=C(N[C@@H](CC(C)(C)C)C(=O)N[C@@H](CC(C)C)C(=O)O)[C@H](Cc1cccc2ccccc12)NC(=O)[C@@H]1CCCN1C(=O)[C@H](CCCN=C(N)N)NC(=O)[C@@H](C)CCCN=C(N)N. The Morgan fingerprint density at radius 1 is 0.806 bits per heavy atom. The number of carboxylic acids is 1. The zero-order valence-corrected chi connectivity index (χ0v) is 37.4.